The van der Waals surface area contributed by atoms with Crippen LogP contribution in [0.25, 0.3) is 10.8 Å². The number of fused-ring (bicyclic) bond motifs is 2. The van der Waals surface area contributed by atoms with Gasteiger partial charge in [0.25, 0.3) is 5.70 Å². The van der Waals surface area contributed by atoms with E-state index in [9.17, 15) is 15.4 Å². The van der Waals surface area contributed by atoms with E-state index in [-0.39, 0.29) is 22.5 Å². The normalized spacial score (nSPS) is 20.6. The summed E-state index contributed by atoms with van der Waals surface area (Å²) < 4.78 is 0. The first-order chi connectivity index (χ1) is 14.1. The van der Waals surface area contributed by atoms with Crippen LogP contribution in [0.4, 0.5) is 0 Å². The van der Waals surface area contributed by atoms with Crippen molar-refractivity contribution in [1.29, 1.82) is 5.26 Å². The second kappa shape index (κ2) is 6.92. The Morgan fingerprint density at radius 3 is 2.73 bits per heavy atom. The van der Waals surface area contributed by atoms with Gasteiger partial charge in [-0.25, -0.2) is 0 Å². The molecule has 0 aliphatic carbocycles. The lowest BCUT2D eigenvalue weighted by molar-refractivity contribution is -0.432. The van der Waals surface area contributed by atoms with Gasteiger partial charge < -0.3 is 16.0 Å². The molecule has 0 radical (unpaired) electrons. The van der Waals surface area contributed by atoms with E-state index in [1.807, 2.05) is 45.0 Å². The van der Waals surface area contributed by atoms with Crippen molar-refractivity contribution in [2.75, 3.05) is 13.1 Å². The van der Waals surface area contributed by atoms with Crippen LogP contribution in [0, 0.1) is 33.8 Å². The van der Waals surface area contributed by atoms with Crippen molar-refractivity contribution in [3.8, 4) is 6.07 Å². The lowest BCUT2D eigenvalue weighted by Gasteiger charge is -2.44. The van der Waals surface area contributed by atoms with E-state index >= 15 is 0 Å². The summed E-state index contributed by atoms with van der Waals surface area (Å²) in [6.45, 7) is 7.08. The minimum absolute atomic E-state index is 0.106. The van der Waals surface area contributed by atoms with E-state index in [2.05, 4.69) is 11.4 Å². The molecule has 30 heavy (non-hydrogen) atoms. The van der Waals surface area contributed by atoms with E-state index in [1.54, 1.807) is 11.0 Å². The standard InChI is InChI=1S/C22H22ClN5O2/c1-12-4-5-13-8-17(23)15(7-14(13)6-12)18-16(9-24)20(25)27-11-22(2,3)10-26-21(27)19(18)28(29)30/h4-8,18,26H,10-11,25H2,1-3H3. The molecular formula is C22H22ClN5O2. The van der Waals surface area contributed by atoms with Crippen molar-refractivity contribution in [3.05, 3.63) is 79.5 Å². The monoisotopic (exact) mass is 423 g/mol. The van der Waals surface area contributed by atoms with Gasteiger partial charge in [-0.1, -0.05) is 49.2 Å². The molecule has 2 heterocycles. The number of hydrogen-bond acceptors (Lipinski definition) is 6. The quantitative estimate of drug-likeness (QED) is 0.558. The van der Waals surface area contributed by atoms with Gasteiger partial charge in [-0.15, -0.1) is 0 Å². The van der Waals surface area contributed by atoms with Gasteiger partial charge >= 0.3 is 0 Å². The third-order valence-corrected chi connectivity index (χ3v) is 6.03. The van der Waals surface area contributed by atoms with E-state index in [1.165, 1.54) is 0 Å². The van der Waals surface area contributed by atoms with Crippen molar-refractivity contribution in [3.63, 3.8) is 0 Å². The molecule has 0 saturated carbocycles. The van der Waals surface area contributed by atoms with Crippen LogP contribution in [0.1, 0.15) is 30.9 Å². The predicted molar refractivity (Wildman–Crippen MR) is 116 cm³/mol. The molecule has 0 amide bonds. The molecule has 1 atom stereocenters. The smallest absolute Gasteiger partial charge is 0.299 e. The van der Waals surface area contributed by atoms with Crippen molar-refractivity contribution in [2.45, 2.75) is 26.7 Å². The highest BCUT2D eigenvalue weighted by Gasteiger charge is 2.46. The molecule has 2 aromatic carbocycles. The largest absolute Gasteiger partial charge is 0.384 e. The van der Waals surface area contributed by atoms with Gasteiger partial charge in [-0.05, 0) is 35.4 Å². The van der Waals surface area contributed by atoms with Crippen LogP contribution in [-0.2, 0) is 0 Å². The highest BCUT2D eigenvalue weighted by molar-refractivity contribution is 6.32. The third-order valence-electron chi connectivity index (χ3n) is 5.70. The number of aryl methyl sites for hydroxylation is 1. The summed E-state index contributed by atoms with van der Waals surface area (Å²) in [4.78, 5) is 13.4. The first-order valence-electron chi connectivity index (χ1n) is 9.62. The zero-order chi connectivity index (χ0) is 21.8. The highest BCUT2D eigenvalue weighted by atomic mass is 35.5. The minimum atomic E-state index is -0.956. The van der Waals surface area contributed by atoms with Crippen LogP contribution in [0.15, 0.2) is 53.2 Å². The molecule has 4 rings (SSSR count). The molecule has 2 aliphatic rings. The number of nitriles is 1. The molecule has 3 N–H and O–H groups in total. The van der Waals surface area contributed by atoms with Gasteiger partial charge in [0.15, 0.2) is 5.82 Å². The second-order valence-corrected chi connectivity index (χ2v) is 9.07. The summed E-state index contributed by atoms with van der Waals surface area (Å²) in [7, 11) is 0. The minimum Gasteiger partial charge on any atom is -0.384 e. The fraction of sp³-hybridized carbons (Fsp3) is 0.318. The number of halogens is 1. The maximum Gasteiger partial charge on any atom is 0.299 e. The zero-order valence-electron chi connectivity index (χ0n) is 17.0. The number of nitro groups is 1. The Balaban J connectivity index is 1.98. The number of nitrogens with zero attached hydrogens (tertiary/aromatic N) is 3. The SMILES string of the molecule is Cc1ccc2cc(Cl)c(C3C(C#N)=C(N)N4CC(C)(C)CNC4=C3[N+](=O)[O-])cc2c1. The lowest BCUT2D eigenvalue weighted by Crippen LogP contribution is -2.53. The van der Waals surface area contributed by atoms with Gasteiger partial charge in [0, 0.05) is 23.5 Å². The van der Waals surface area contributed by atoms with Crippen molar-refractivity contribution in [2.24, 2.45) is 11.1 Å². The first kappa shape index (κ1) is 20.0. The van der Waals surface area contributed by atoms with E-state index < -0.39 is 10.8 Å². The second-order valence-electron chi connectivity index (χ2n) is 8.66. The molecule has 1 fully saturated rings. The van der Waals surface area contributed by atoms with Crippen LogP contribution in [0.3, 0.4) is 0 Å². The zero-order valence-corrected chi connectivity index (χ0v) is 17.7. The summed E-state index contributed by atoms with van der Waals surface area (Å²) in [5.41, 5.74) is 7.81. The number of nitrogens with one attached hydrogen (secondary N) is 1. The first-order valence-corrected chi connectivity index (χ1v) is 10.0. The Labute approximate surface area is 179 Å². The van der Waals surface area contributed by atoms with E-state index in [4.69, 9.17) is 17.3 Å². The Morgan fingerprint density at radius 2 is 2.07 bits per heavy atom. The van der Waals surface area contributed by atoms with E-state index in [0.717, 1.165) is 16.3 Å². The van der Waals surface area contributed by atoms with Crippen molar-refractivity contribution >= 4 is 22.4 Å². The Kier molecular flexibility index (Phi) is 4.63. The summed E-state index contributed by atoms with van der Waals surface area (Å²) >= 11 is 6.58. The molecule has 8 heteroatoms. The Hall–Kier alpha value is -3.24. The molecule has 154 valence electrons. The summed E-state index contributed by atoms with van der Waals surface area (Å²) in [5, 5.41) is 27.5. The highest BCUT2D eigenvalue weighted by Crippen LogP contribution is 2.45. The summed E-state index contributed by atoms with van der Waals surface area (Å²) in [5.74, 6) is -0.396. The number of allylic oxidation sites excluding steroid dienone is 1. The predicted octanol–water partition coefficient (Wildman–Crippen LogP) is 3.97. The number of nitrogens with two attached hydrogens (primary N) is 1. The molecule has 0 bridgehead atoms. The molecule has 7 nitrogen and oxygen atoms in total. The maximum absolute atomic E-state index is 12.2. The number of rotatable bonds is 2. The molecule has 2 aromatic rings. The van der Waals surface area contributed by atoms with Gasteiger partial charge in [0.1, 0.15) is 11.7 Å². The average Bonchev–Trinajstić information content (AvgIpc) is 2.67. The van der Waals surface area contributed by atoms with Crippen molar-refractivity contribution < 1.29 is 4.92 Å². The molecule has 0 aromatic heterocycles. The molecule has 1 unspecified atom stereocenters. The summed E-state index contributed by atoms with van der Waals surface area (Å²) in [6.07, 6.45) is 0. The van der Waals surface area contributed by atoms with Crippen LogP contribution in [-0.4, -0.2) is 22.9 Å². The van der Waals surface area contributed by atoms with Gasteiger partial charge in [-0.3, -0.25) is 10.1 Å². The fourth-order valence-electron chi connectivity index (χ4n) is 4.23. The van der Waals surface area contributed by atoms with Crippen LogP contribution in [0.2, 0.25) is 5.02 Å². The number of benzene rings is 2. The lowest BCUT2D eigenvalue weighted by atomic mass is 9.82. The van der Waals surface area contributed by atoms with Gasteiger partial charge in [-0.2, -0.15) is 5.26 Å². The third kappa shape index (κ3) is 3.14. The van der Waals surface area contributed by atoms with Crippen LogP contribution >= 0.6 is 11.6 Å². The Bertz CT molecular complexity index is 1190. The van der Waals surface area contributed by atoms with E-state index in [0.29, 0.717) is 29.5 Å². The van der Waals surface area contributed by atoms with Crippen LogP contribution in [0.5, 0.6) is 0 Å². The van der Waals surface area contributed by atoms with Crippen molar-refractivity contribution in [1.82, 2.24) is 10.2 Å². The maximum atomic E-state index is 12.2. The van der Waals surface area contributed by atoms with Gasteiger partial charge in [0.2, 0.25) is 0 Å². The topological polar surface area (TPSA) is 108 Å². The van der Waals surface area contributed by atoms with Crippen LogP contribution < -0.4 is 11.1 Å². The Morgan fingerprint density at radius 1 is 1.33 bits per heavy atom. The molecule has 2 aliphatic heterocycles. The molecule has 0 spiro atoms. The average molecular weight is 424 g/mol. The molecule has 1 saturated heterocycles. The number of hydrogen-bond donors (Lipinski definition) is 2. The summed E-state index contributed by atoms with van der Waals surface area (Å²) in [6, 6.07) is 11.7. The molecular weight excluding hydrogens is 402 g/mol. The van der Waals surface area contributed by atoms with Gasteiger partial charge in [0.05, 0.1) is 16.6 Å². The fourth-order valence-corrected chi connectivity index (χ4v) is 4.51.